The molecule has 164 valence electrons. The van der Waals surface area contributed by atoms with Crippen LogP contribution in [0.1, 0.15) is 55.5 Å². The summed E-state index contributed by atoms with van der Waals surface area (Å²) in [6, 6.07) is 7.98. The summed E-state index contributed by atoms with van der Waals surface area (Å²) in [5, 5.41) is 11.6. The second-order valence-electron chi connectivity index (χ2n) is 8.49. The van der Waals surface area contributed by atoms with Crippen molar-refractivity contribution >= 4 is 28.4 Å². The fourth-order valence-corrected chi connectivity index (χ4v) is 4.56. The fourth-order valence-electron chi connectivity index (χ4n) is 4.56. The van der Waals surface area contributed by atoms with E-state index >= 15 is 0 Å². The summed E-state index contributed by atoms with van der Waals surface area (Å²) in [5.41, 5.74) is 4.78. The minimum Gasteiger partial charge on any atom is -0.354 e. The van der Waals surface area contributed by atoms with E-state index in [0.717, 1.165) is 59.2 Å². The number of carbonyl (C=O) groups excluding carboxylic acids is 2. The quantitative estimate of drug-likeness (QED) is 0.573. The number of fused-ring (bicyclic) bond motifs is 3. The number of hydrogen-bond acceptors (Lipinski definition) is 4. The third kappa shape index (κ3) is 4.70. The number of aryl methyl sites for hydroxylation is 2. The van der Waals surface area contributed by atoms with Gasteiger partial charge in [-0.3, -0.25) is 9.59 Å². The summed E-state index contributed by atoms with van der Waals surface area (Å²) in [5.74, 6) is 0.263. The molecule has 0 bridgehead atoms. The van der Waals surface area contributed by atoms with E-state index in [1.807, 2.05) is 42.6 Å². The van der Waals surface area contributed by atoms with Crippen molar-refractivity contribution in [1.29, 1.82) is 0 Å². The number of nitrogens with one attached hydrogen (secondary N) is 2. The van der Waals surface area contributed by atoms with Crippen LogP contribution in [-0.2, 0) is 16.0 Å². The highest BCUT2D eigenvalue weighted by Gasteiger charge is 2.20. The smallest absolute Gasteiger partial charge is 0.223 e. The van der Waals surface area contributed by atoms with Gasteiger partial charge in [-0.1, -0.05) is 31.4 Å². The maximum atomic E-state index is 12.3. The van der Waals surface area contributed by atoms with Gasteiger partial charge in [0.15, 0.2) is 5.65 Å². The largest absolute Gasteiger partial charge is 0.354 e. The van der Waals surface area contributed by atoms with Crippen LogP contribution in [0.15, 0.2) is 24.3 Å². The van der Waals surface area contributed by atoms with Gasteiger partial charge >= 0.3 is 0 Å². The van der Waals surface area contributed by atoms with E-state index < -0.39 is 0 Å². The lowest BCUT2D eigenvalue weighted by atomic mass is 9.89. The second kappa shape index (κ2) is 9.45. The zero-order valence-corrected chi connectivity index (χ0v) is 18.4. The van der Waals surface area contributed by atoms with Crippen LogP contribution < -0.4 is 10.6 Å². The summed E-state index contributed by atoms with van der Waals surface area (Å²) >= 11 is 0. The molecule has 4 rings (SSSR count). The predicted octanol–water partition coefficient (Wildman–Crippen LogP) is 3.24. The van der Waals surface area contributed by atoms with Gasteiger partial charge in [0, 0.05) is 42.2 Å². The van der Waals surface area contributed by atoms with Crippen molar-refractivity contribution in [2.24, 2.45) is 5.92 Å². The van der Waals surface area contributed by atoms with Gasteiger partial charge in [0.05, 0.1) is 5.52 Å². The van der Waals surface area contributed by atoms with Crippen LogP contribution in [0.25, 0.3) is 16.6 Å². The van der Waals surface area contributed by atoms with Crippen LogP contribution in [0.4, 0.5) is 0 Å². The number of aromatic nitrogens is 3. The monoisotopic (exact) mass is 421 g/mol. The van der Waals surface area contributed by atoms with Gasteiger partial charge in [-0.2, -0.15) is 5.10 Å². The third-order valence-electron chi connectivity index (χ3n) is 6.34. The Balaban J connectivity index is 1.30. The Morgan fingerprint density at radius 1 is 1.06 bits per heavy atom. The van der Waals surface area contributed by atoms with E-state index in [9.17, 15) is 9.59 Å². The number of rotatable bonds is 7. The Kier molecular flexibility index (Phi) is 6.49. The minimum atomic E-state index is -0.0172. The van der Waals surface area contributed by atoms with E-state index in [2.05, 4.69) is 15.7 Å². The van der Waals surface area contributed by atoms with Crippen molar-refractivity contribution in [3.63, 3.8) is 0 Å². The fraction of sp³-hybridized carbons (Fsp3) is 0.500. The van der Waals surface area contributed by atoms with E-state index in [4.69, 9.17) is 4.98 Å². The molecule has 7 heteroatoms. The van der Waals surface area contributed by atoms with Crippen LogP contribution in [0, 0.1) is 19.8 Å². The molecule has 0 radical (unpaired) electrons. The van der Waals surface area contributed by atoms with Crippen molar-refractivity contribution in [1.82, 2.24) is 25.2 Å². The van der Waals surface area contributed by atoms with Gasteiger partial charge in [0.2, 0.25) is 11.8 Å². The van der Waals surface area contributed by atoms with E-state index in [1.54, 1.807) is 0 Å². The SMILES string of the molecule is Cc1nc2c3ccccc3nn2c(C)c1CCC(=O)NCCNC(=O)C1CCCCC1. The van der Waals surface area contributed by atoms with Gasteiger partial charge in [-0.25, -0.2) is 9.50 Å². The van der Waals surface area contributed by atoms with E-state index in [-0.39, 0.29) is 17.7 Å². The highest BCUT2D eigenvalue weighted by molar-refractivity contribution is 5.92. The van der Waals surface area contributed by atoms with E-state index in [0.29, 0.717) is 25.9 Å². The summed E-state index contributed by atoms with van der Waals surface area (Å²) < 4.78 is 1.88. The molecule has 2 amide bonds. The molecule has 0 atom stereocenters. The van der Waals surface area contributed by atoms with Crippen molar-refractivity contribution < 1.29 is 9.59 Å². The zero-order valence-electron chi connectivity index (χ0n) is 18.4. The summed E-state index contributed by atoms with van der Waals surface area (Å²) in [4.78, 5) is 29.2. The van der Waals surface area contributed by atoms with Crippen LogP contribution in [-0.4, -0.2) is 39.5 Å². The Labute approximate surface area is 182 Å². The molecule has 31 heavy (non-hydrogen) atoms. The van der Waals surface area contributed by atoms with Crippen LogP contribution in [0.5, 0.6) is 0 Å². The molecule has 1 aliphatic rings. The highest BCUT2D eigenvalue weighted by atomic mass is 16.2. The molecule has 1 saturated carbocycles. The lowest BCUT2D eigenvalue weighted by Gasteiger charge is -2.20. The molecule has 0 unspecified atom stereocenters. The number of carbonyl (C=O) groups is 2. The minimum absolute atomic E-state index is 0.0172. The predicted molar refractivity (Wildman–Crippen MR) is 121 cm³/mol. The zero-order chi connectivity index (χ0) is 21.8. The molecule has 7 nitrogen and oxygen atoms in total. The standard InChI is InChI=1S/C24H31N5O2/c1-16-19(17(2)29-23(27-16)20-10-6-7-11-21(20)28-29)12-13-22(30)25-14-15-26-24(31)18-8-4-3-5-9-18/h6-7,10-11,18H,3-5,8-9,12-15H2,1-2H3,(H,25,30)(H,26,31). The Bertz CT molecular complexity index is 1100. The first-order chi connectivity index (χ1) is 15.0. The maximum absolute atomic E-state index is 12.3. The third-order valence-corrected chi connectivity index (χ3v) is 6.34. The van der Waals surface area contributed by atoms with Crippen LogP contribution in [0.2, 0.25) is 0 Å². The van der Waals surface area contributed by atoms with Gasteiger partial charge in [0.1, 0.15) is 0 Å². The Morgan fingerprint density at radius 3 is 2.61 bits per heavy atom. The molecule has 2 N–H and O–H groups in total. The lowest BCUT2D eigenvalue weighted by molar-refractivity contribution is -0.126. The molecule has 1 aliphatic carbocycles. The Hall–Kier alpha value is -2.96. The van der Waals surface area contributed by atoms with Gasteiger partial charge in [-0.05, 0) is 50.8 Å². The number of amides is 2. The maximum Gasteiger partial charge on any atom is 0.223 e. The highest BCUT2D eigenvalue weighted by Crippen LogP contribution is 2.24. The van der Waals surface area contributed by atoms with Crippen molar-refractivity contribution in [3.05, 3.63) is 41.2 Å². The molecule has 2 heterocycles. The summed E-state index contributed by atoms with van der Waals surface area (Å²) in [6.07, 6.45) is 6.48. The van der Waals surface area contributed by atoms with Gasteiger partial charge in [0.25, 0.3) is 0 Å². The average molecular weight is 422 g/mol. The average Bonchev–Trinajstić information content (AvgIpc) is 3.16. The first-order valence-electron chi connectivity index (χ1n) is 11.3. The number of benzene rings is 1. The first-order valence-corrected chi connectivity index (χ1v) is 11.3. The molecule has 0 spiro atoms. The number of nitrogens with zero attached hydrogens (tertiary/aromatic N) is 3. The lowest BCUT2D eigenvalue weighted by Crippen LogP contribution is -2.38. The Morgan fingerprint density at radius 2 is 1.81 bits per heavy atom. The topological polar surface area (TPSA) is 88.4 Å². The molecule has 1 aromatic carbocycles. The van der Waals surface area contributed by atoms with Crippen LogP contribution >= 0.6 is 0 Å². The summed E-state index contributed by atoms with van der Waals surface area (Å²) in [7, 11) is 0. The molecular formula is C24H31N5O2. The number of hydrogen-bond donors (Lipinski definition) is 2. The van der Waals surface area contributed by atoms with E-state index in [1.165, 1.54) is 6.42 Å². The molecule has 0 saturated heterocycles. The molecular weight excluding hydrogens is 390 g/mol. The van der Waals surface area contributed by atoms with Crippen LogP contribution in [0.3, 0.4) is 0 Å². The van der Waals surface area contributed by atoms with Crippen molar-refractivity contribution in [2.45, 2.75) is 58.8 Å². The normalized spacial score (nSPS) is 14.8. The van der Waals surface area contributed by atoms with Crippen molar-refractivity contribution in [3.8, 4) is 0 Å². The van der Waals surface area contributed by atoms with Gasteiger partial charge in [-0.15, -0.1) is 0 Å². The van der Waals surface area contributed by atoms with Crippen molar-refractivity contribution in [2.75, 3.05) is 13.1 Å². The molecule has 3 aromatic rings. The molecule has 0 aliphatic heterocycles. The van der Waals surface area contributed by atoms with Gasteiger partial charge < -0.3 is 10.6 Å². The molecule has 2 aromatic heterocycles. The first kappa shape index (κ1) is 21.3. The second-order valence-corrected chi connectivity index (χ2v) is 8.49. The molecule has 1 fully saturated rings. The summed E-state index contributed by atoms with van der Waals surface area (Å²) in [6.45, 7) is 4.95.